The molecule has 0 saturated carbocycles. The Bertz CT molecular complexity index is 1050. The molecule has 0 N–H and O–H groups in total. The zero-order chi connectivity index (χ0) is 21.5. The number of aryl methyl sites for hydroxylation is 1. The number of ether oxygens (including phenoxy) is 1. The predicted octanol–water partition coefficient (Wildman–Crippen LogP) is 2.41. The third-order valence-electron chi connectivity index (χ3n) is 5.93. The molecule has 2 aromatic heterocycles. The van der Waals surface area contributed by atoms with E-state index in [4.69, 9.17) is 4.74 Å². The van der Waals surface area contributed by atoms with Crippen LogP contribution in [0.3, 0.4) is 0 Å². The van der Waals surface area contributed by atoms with Crippen molar-refractivity contribution in [2.75, 3.05) is 39.4 Å². The molecule has 164 valence electrons. The van der Waals surface area contributed by atoms with Gasteiger partial charge in [0, 0.05) is 38.9 Å². The topological polar surface area (TPSA) is 84.7 Å². The van der Waals surface area contributed by atoms with Crippen molar-refractivity contribution in [2.45, 2.75) is 38.0 Å². The maximum Gasteiger partial charge on any atom is 0.266 e. The Labute approximate surface area is 181 Å². The lowest BCUT2D eigenvalue weighted by molar-refractivity contribution is 0.0305. The van der Waals surface area contributed by atoms with Crippen LogP contribution < -0.4 is 0 Å². The maximum atomic E-state index is 13.2. The van der Waals surface area contributed by atoms with E-state index in [1.165, 1.54) is 11.3 Å². The number of thiazole rings is 1. The minimum absolute atomic E-state index is 0.0355. The van der Waals surface area contributed by atoms with Crippen LogP contribution in [0.5, 0.6) is 0 Å². The first-order valence-electron chi connectivity index (χ1n) is 10.3. The quantitative estimate of drug-likeness (QED) is 0.711. The first kappa shape index (κ1) is 21.5. The lowest BCUT2D eigenvalue weighted by Gasteiger charge is -2.26. The molecular weight excluding hydrogens is 424 g/mol. The third kappa shape index (κ3) is 3.81. The van der Waals surface area contributed by atoms with Gasteiger partial charge in [-0.05, 0) is 32.8 Å². The fourth-order valence-corrected chi connectivity index (χ4v) is 6.87. The molecule has 0 atom stereocenters. The minimum atomic E-state index is -3.54. The van der Waals surface area contributed by atoms with Crippen LogP contribution in [-0.2, 0) is 21.8 Å². The molecule has 2 aromatic rings. The van der Waals surface area contributed by atoms with Crippen molar-refractivity contribution in [1.82, 2.24) is 18.8 Å². The fourth-order valence-electron chi connectivity index (χ4n) is 4.00. The molecule has 10 heteroatoms. The molecule has 0 spiro atoms. The van der Waals surface area contributed by atoms with Crippen molar-refractivity contribution in [1.29, 1.82) is 0 Å². The van der Waals surface area contributed by atoms with Crippen LogP contribution in [0, 0.1) is 13.8 Å². The average Bonchev–Trinajstić information content (AvgIpc) is 3.29. The first-order chi connectivity index (χ1) is 14.3. The Morgan fingerprint density at radius 2 is 1.77 bits per heavy atom. The zero-order valence-electron chi connectivity index (χ0n) is 17.7. The Balaban J connectivity index is 1.67. The number of hydrogen-bond acceptors (Lipinski definition) is 6. The molecule has 1 amide bonds. The predicted molar refractivity (Wildman–Crippen MR) is 115 cm³/mol. The molecule has 0 unspecified atom stereocenters. The Morgan fingerprint density at radius 1 is 1.10 bits per heavy atom. The highest BCUT2D eigenvalue weighted by Gasteiger charge is 2.31. The summed E-state index contributed by atoms with van der Waals surface area (Å²) in [7, 11) is -1.69. The van der Waals surface area contributed by atoms with Gasteiger partial charge in [-0.3, -0.25) is 4.79 Å². The Kier molecular flexibility index (Phi) is 6.02. The van der Waals surface area contributed by atoms with E-state index in [-0.39, 0.29) is 5.91 Å². The van der Waals surface area contributed by atoms with E-state index in [9.17, 15) is 13.2 Å². The van der Waals surface area contributed by atoms with E-state index in [0.29, 0.717) is 65.6 Å². The summed E-state index contributed by atoms with van der Waals surface area (Å²) in [5.74, 6) is -0.0355. The van der Waals surface area contributed by atoms with E-state index in [1.54, 1.807) is 15.3 Å². The van der Waals surface area contributed by atoms with Crippen LogP contribution in [-0.4, -0.2) is 72.5 Å². The van der Waals surface area contributed by atoms with Gasteiger partial charge in [0.15, 0.2) is 0 Å². The highest BCUT2D eigenvalue weighted by Crippen LogP contribution is 2.34. The largest absolute Gasteiger partial charge is 0.378 e. The number of nitrogens with zero attached hydrogens (tertiary/aromatic N) is 4. The molecule has 30 heavy (non-hydrogen) atoms. The standard InChI is InChI=1S/C20H28N4O4S2/c1-14-18(20(25)23-9-11-28-12-10-23)29-19(21-14)16-13-17(15(2)22(16)3)30(26,27)24-7-5-4-6-8-24/h13H,4-12H2,1-3H3. The molecule has 2 aliphatic heterocycles. The number of hydrogen-bond donors (Lipinski definition) is 0. The Hall–Kier alpha value is -1.75. The molecule has 0 aromatic carbocycles. The zero-order valence-corrected chi connectivity index (χ0v) is 19.3. The summed E-state index contributed by atoms with van der Waals surface area (Å²) in [6.45, 7) is 7.03. The van der Waals surface area contributed by atoms with Crippen molar-refractivity contribution in [3.63, 3.8) is 0 Å². The van der Waals surface area contributed by atoms with Crippen molar-refractivity contribution in [2.24, 2.45) is 7.05 Å². The van der Waals surface area contributed by atoms with Crippen LogP contribution in [0.15, 0.2) is 11.0 Å². The molecule has 0 bridgehead atoms. The van der Waals surface area contributed by atoms with Crippen LogP contribution in [0.25, 0.3) is 10.7 Å². The average molecular weight is 453 g/mol. The van der Waals surface area contributed by atoms with E-state index in [2.05, 4.69) is 4.98 Å². The van der Waals surface area contributed by atoms with Gasteiger partial charge in [0.2, 0.25) is 10.0 Å². The van der Waals surface area contributed by atoms with Gasteiger partial charge in [-0.1, -0.05) is 6.42 Å². The summed E-state index contributed by atoms with van der Waals surface area (Å²) < 4.78 is 35.2. The van der Waals surface area contributed by atoms with E-state index >= 15 is 0 Å². The number of carbonyl (C=O) groups excluding carboxylic acids is 1. The highest BCUT2D eigenvalue weighted by molar-refractivity contribution is 7.89. The molecule has 0 radical (unpaired) electrons. The number of aromatic nitrogens is 2. The molecule has 8 nitrogen and oxygen atoms in total. The van der Waals surface area contributed by atoms with Gasteiger partial charge in [-0.15, -0.1) is 11.3 Å². The van der Waals surface area contributed by atoms with Gasteiger partial charge in [0.25, 0.3) is 5.91 Å². The third-order valence-corrected chi connectivity index (χ3v) is 9.11. The van der Waals surface area contributed by atoms with Gasteiger partial charge in [-0.25, -0.2) is 13.4 Å². The smallest absolute Gasteiger partial charge is 0.266 e. The number of piperidine rings is 1. The van der Waals surface area contributed by atoms with Crippen LogP contribution in [0.4, 0.5) is 0 Å². The molecule has 2 aliphatic rings. The second-order valence-electron chi connectivity index (χ2n) is 7.84. The number of amides is 1. The summed E-state index contributed by atoms with van der Waals surface area (Å²) in [6, 6.07) is 1.71. The van der Waals surface area contributed by atoms with Crippen molar-refractivity contribution in [3.8, 4) is 10.7 Å². The number of sulfonamides is 1. The van der Waals surface area contributed by atoms with Crippen LogP contribution in [0.2, 0.25) is 0 Å². The van der Waals surface area contributed by atoms with E-state index < -0.39 is 10.0 Å². The summed E-state index contributed by atoms with van der Waals surface area (Å²) >= 11 is 1.32. The minimum Gasteiger partial charge on any atom is -0.378 e. The molecule has 2 saturated heterocycles. The SMILES string of the molecule is Cc1nc(-c2cc(S(=O)(=O)N3CCCCC3)c(C)n2C)sc1C(=O)N1CCOCC1. The number of rotatable bonds is 4. The maximum absolute atomic E-state index is 13.2. The molecule has 4 heterocycles. The van der Waals surface area contributed by atoms with Gasteiger partial charge >= 0.3 is 0 Å². The second kappa shape index (κ2) is 8.41. The summed E-state index contributed by atoms with van der Waals surface area (Å²) in [5, 5.41) is 0.662. The van der Waals surface area contributed by atoms with Gasteiger partial charge < -0.3 is 14.2 Å². The first-order valence-corrected chi connectivity index (χ1v) is 12.6. The monoisotopic (exact) mass is 452 g/mol. The Morgan fingerprint density at radius 3 is 2.43 bits per heavy atom. The number of morpholine rings is 1. The summed E-state index contributed by atoms with van der Waals surface area (Å²) in [4.78, 5) is 20.3. The van der Waals surface area contributed by atoms with Gasteiger partial charge in [0.1, 0.15) is 14.8 Å². The lowest BCUT2D eigenvalue weighted by Crippen LogP contribution is -2.40. The van der Waals surface area contributed by atoms with Crippen molar-refractivity contribution < 1.29 is 17.9 Å². The highest BCUT2D eigenvalue weighted by atomic mass is 32.2. The molecular formula is C20H28N4O4S2. The van der Waals surface area contributed by atoms with E-state index in [1.807, 2.05) is 25.5 Å². The van der Waals surface area contributed by atoms with Crippen LogP contribution in [0.1, 0.15) is 40.3 Å². The normalized spacial score (nSPS) is 18.7. The molecule has 2 fully saturated rings. The molecule has 0 aliphatic carbocycles. The van der Waals surface area contributed by atoms with E-state index in [0.717, 1.165) is 25.0 Å². The molecule has 4 rings (SSSR count). The van der Waals surface area contributed by atoms with Gasteiger partial charge in [0.05, 0.1) is 24.6 Å². The summed E-state index contributed by atoms with van der Waals surface area (Å²) in [6.07, 6.45) is 2.87. The summed E-state index contributed by atoms with van der Waals surface area (Å²) in [5.41, 5.74) is 2.08. The number of carbonyl (C=O) groups is 1. The van der Waals surface area contributed by atoms with Gasteiger partial charge in [-0.2, -0.15) is 4.31 Å². The lowest BCUT2D eigenvalue weighted by atomic mass is 10.2. The van der Waals surface area contributed by atoms with Crippen molar-refractivity contribution >= 4 is 27.3 Å². The second-order valence-corrected chi connectivity index (χ2v) is 10.7. The van der Waals surface area contributed by atoms with Crippen LogP contribution >= 0.6 is 11.3 Å². The fraction of sp³-hybridized carbons (Fsp3) is 0.600. The van der Waals surface area contributed by atoms with Crippen molar-refractivity contribution in [3.05, 3.63) is 22.3 Å².